The first kappa shape index (κ1) is 84.0. The second kappa shape index (κ2) is 44.6. The van der Waals surface area contributed by atoms with Gasteiger partial charge in [0.25, 0.3) is 0 Å². The van der Waals surface area contributed by atoms with E-state index in [1.165, 1.54) is 63.1 Å². The van der Waals surface area contributed by atoms with Crippen LogP contribution >= 0.6 is 0 Å². The molecular weight excluding hydrogens is 1310 g/mol. The highest BCUT2D eigenvalue weighted by atomic mass is 19.4. The number of hydrogen-bond acceptors (Lipinski definition) is 16. The summed E-state index contributed by atoms with van der Waals surface area (Å²) in [6, 6.07) is 30.2. The highest BCUT2D eigenvalue weighted by molar-refractivity contribution is 5.41. The van der Waals surface area contributed by atoms with Crippen molar-refractivity contribution in [3.63, 3.8) is 0 Å². The largest absolute Gasteiger partial charge is 0.573 e. The van der Waals surface area contributed by atoms with E-state index in [2.05, 4.69) is 44.2 Å². The van der Waals surface area contributed by atoms with Crippen LogP contribution in [0.4, 0.5) is 13.2 Å². The van der Waals surface area contributed by atoms with Crippen LogP contribution in [0.3, 0.4) is 0 Å². The molecule has 19 heteroatoms. The van der Waals surface area contributed by atoms with E-state index in [0.29, 0.717) is 37.2 Å². The third-order valence-electron chi connectivity index (χ3n) is 22.9. The Kier molecular flexibility index (Phi) is 36.4. The standard InChI is InChI=1S/3C22H35NO3.C18H26F3NO3/c1-25-15-5-4-13-22(24,19-10-7-14-23-16-19)20-11-2-3-12-21(20)26-17-18-8-6-9-18;1-25-16-7-6-14-22(24,18-9-8-15-23-17-18)20-12-4-5-13-21(20)26-19-10-2-3-11-19;1-25-15-5-4-13-22(24,19-7-6-14-23-17-19)20-8-2-3-9-21(20)26-16-12-18-10-11-18;1-24-11-3-2-9-17(23,15-7-5-10-22-13-15)14-6-4-8-16(12-14)25-18(19,20)21/h2-3,11-12,18-19,23-24H,4-10,13-17H2,1H3;4-5,12-13,18-19,23-24H,2-3,6-11,14-17H2,1H3;2-3,8-9,18-19,23-24H,4-7,10-17H2,1H3;4,6,8,12,15,22-23H,2-3,5,7,9-11,13H2,1H3/t19?,22-;18?,22-;19?,22-;15?,17-/m0001/s1. The number of rotatable bonds is 38. The molecule has 0 bridgehead atoms. The van der Waals surface area contributed by atoms with Crippen molar-refractivity contribution in [2.24, 2.45) is 35.5 Å². The minimum absolute atomic E-state index is 0.0510. The van der Waals surface area contributed by atoms with Crippen molar-refractivity contribution < 1.29 is 71.5 Å². The molecule has 4 unspecified atom stereocenters. The van der Waals surface area contributed by atoms with Crippen LogP contribution in [0.25, 0.3) is 0 Å². The number of unbranched alkanes of at least 4 members (excludes halogenated alkanes) is 4. The van der Waals surface area contributed by atoms with Crippen LogP contribution in [-0.4, -0.2) is 153 Å². The molecule has 4 aliphatic heterocycles. The van der Waals surface area contributed by atoms with Gasteiger partial charge in [0, 0.05) is 121 Å². The maximum Gasteiger partial charge on any atom is 0.573 e. The molecule has 0 radical (unpaired) electrons. The lowest BCUT2D eigenvalue weighted by Crippen LogP contribution is -2.44. The maximum absolute atomic E-state index is 12.5. The second-order valence-corrected chi connectivity index (χ2v) is 30.4. The number of ether oxygens (including phenoxy) is 8. The van der Waals surface area contributed by atoms with Gasteiger partial charge in [-0.1, -0.05) is 86.0 Å². The molecule has 580 valence electrons. The number of aliphatic hydroxyl groups is 4. The van der Waals surface area contributed by atoms with Crippen molar-refractivity contribution >= 4 is 0 Å². The first-order valence-electron chi connectivity index (χ1n) is 39.8. The van der Waals surface area contributed by atoms with Crippen LogP contribution in [0.15, 0.2) is 97.1 Å². The van der Waals surface area contributed by atoms with Crippen molar-refractivity contribution in [2.75, 3.05) is 120 Å². The Labute approximate surface area is 615 Å². The summed E-state index contributed by atoms with van der Waals surface area (Å²) < 4.78 is 80.9. The number of alkyl halides is 3. The minimum atomic E-state index is -4.75. The van der Waals surface area contributed by atoms with Crippen LogP contribution in [0.1, 0.15) is 215 Å². The summed E-state index contributed by atoms with van der Waals surface area (Å²) in [6.07, 6.45) is 26.4. The van der Waals surface area contributed by atoms with Crippen molar-refractivity contribution in [3.8, 4) is 23.0 Å². The van der Waals surface area contributed by atoms with Crippen molar-refractivity contribution in [1.82, 2.24) is 21.3 Å². The van der Waals surface area contributed by atoms with Gasteiger partial charge in [0.15, 0.2) is 0 Å². The molecule has 8 N–H and O–H groups in total. The highest BCUT2D eigenvalue weighted by Gasteiger charge is 2.45. The Hall–Kier alpha value is -4.61. The third-order valence-corrected chi connectivity index (χ3v) is 22.9. The topological polar surface area (TPSA) is 203 Å². The summed E-state index contributed by atoms with van der Waals surface area (Å²) >= 11 is 0. The number of hydrogen-bond donors (Lipinski definition) is 8. The Morgan fingerprint density at radius 3 is 1.17 bits per heavy atom. The van der Waals surface area contributed by atoms with Gasteiger partial charge in [0.05, 0.1) is 41.7 Å². The fourth-order valence-corrected chi connectivity index (χ4v) is 16.4. The summed E-state index contributed by atoms with van der Waals surface area (Å²) in [5.41, 5.74) is -0.289. The molecule has 0 aromatic heterocycles. The van der Waals surface area contributed by atoms with Gasteiger partial charge in [0.1, 0.15) is 23.0 Å². The highest BCUT2D eigenvalue weighted by Crippen LogP contribution is 2.47. The summed E-state index contributed by atoms with van der Waals surface area (Å²) in [6.45, 7) is 11.7. The van der Waals surface area contributed by atoms with Crippen LogP contribution in [0, 0.1) is 35.5 Å². The molecule has 8 atom stereocenters. The van der Waals surface area contributed by atoms with E-state index >= 15 is 0 Å². The molecule has 4 saturated heterocycles. The number of halogens is 3. The van der Waals surface area contributed by atoms with Crippen molar-refractivity contribution in [2.45, 2.75) is 227 Å². The monoisotopic (exact) mass is 1440 g/mol. The number of methoxy groups -OCH3 is 4. The number of nitrogens with one attached hydrogen (secondary N) is 4. The smallest absolute Gasteiger partial charge is 0.493 e. The van der Waals surface area contributed by atoms with E-state index in [9.17, 15) is 33.6 Å². The average Bonchev–Trinajstić information content (AvgIpc) is 1.31. The van der Waals surface area contributed by atoms with Gasteiger partial charge in [-0.3, -0.25) is 0 Å². The minimum Gasteiger partial charge on any atom is -0.493 e. The summed E-state index contributed by atoms with van der Waals surface area (Å²) in [4.78, 5) is 0. The normalized spacial score (nSPS) is 22.7. The molecule has 7 fully saturated rings. The first-order valence-corrected chi connectivity index (χ1v) is 39.8. The zero-order valence-corrected chi connectivity index (χ0v) is 63.1. The zero-order chi connectivity index (χ0) is 73.1. The molecule has 4 aromatic carbocycles. The van der Waals surface area contributed by atoms with Gasteiger partial charge in [-0.05, 0) is 247 Å². The SMILES string of the molecule is COCCCC[C@@](O)(c1cccc(OC(F)(F)F)c1)C1CCCNC1.COCCCC[C@@](O)(c1ccccc1OC1CCCC1)C1CCCNC1.COCCCC[C@@](O)(c1ccccc1OCC1CCC1)C1CCCNC1.COCCCC[C@@](O)(c1ccccc1OCCC1CC1)C1CCCNC1. The average molecular weight is 1450 g/mol. The van der Waals surface area contributed by atoms with Crippen LogP contribution in [0.2, 0.25) is 0 Å². The van der Waals surface area contributed by atoms with Crippen LogP contribution < -0.4 is 40.2 Å². The fraction of sp³-hybridized carbons (Fsp3) is 0.714. The van der Waals surface area contributed by atoms with E-state index in [4.69, 9.17) is 33.2 Å². The first-order chi connectivity index (χ1) is 50.1. The molecule has 7 aliphatic rings. The molecular formula is C84H131F3N4O12. The third kappa shape index (κ3) is 26.6. The Morgan fingerprint density at radius 2 is 0.786 bits per heavy atom. The maximum atomic E-state index is 12.5. The van der Waals surface area contributed by atoms with E-state index in [0.717, 1.165) is 260 Å². The molecule has 103 heavy (non-hydrogen) atoms. The number of para-hydroxylation sites is 3. The Balaban J connectivity index is 0.000000174. The summed E-state index contributed by atoms with van der Waals surface area (Å²) in [7, 11) is 6.83. The van der Waals surface area contributed by atoms with Crippen LogP contribution in [0.5, 0.6) is 23.0 Å². The predicted octanol–water partition coefficient (Wildman–Crippen LogP) is 15.3. The molecule has 4 heterocycles. The van der Waals surface area contributed by atoms with Gasteiger partial charge in [-0.25, -0.2) is 0 Å². The summed E-state index contributed by atoms with van der Waals surface area (Å²) in [5.74, 6) is 4.51. The lowest BCUT2D eigenvalue weighted by molar-refractivity contribution is -0.274. The number of benzene rings is 4. The van der Waals surface area contributed by atoms with E-state index in [-0.39, 0.29) is 29.4 Å². The van der Waals surface area contributed by atoms with Crippen molar-refractivity contribution in [1.29, 1.82) is 0 Å². The van der Waals surface area contributed by atoms with Gasteiger partial charge >= 0.3 is 6.36 Å². The quantitative estimate of drug-likeness (QED) is 0.0197. The molecule has 0 spiro atoms. The van der Waals surface area contributed by atoms with Gasteiger partial charge in [0.2, 0.25) is 0 Å². The molecule has 3 saturated carbocycles. The predicted molar refractivity (Wildman–Crippen MR) is 402 cm³/mol. The Morgan fingerprint density at radius 1 is 0.388 bits per heavy atom. The lowest BCUT2D eigenvalue weighted by Gasteiger charge is -2.40. The van der Waals surface area contributed by atoms with Gasteiger partial charge in [-0.2, -0.15) is 0 Å². The van der Waals surface area contributed by atoms with Crippen molar-refractivity contribution in [3.05, 3.63) is 119 Å². The van der Waals surface area contributed by atoms with E-state index < -0.39 is 28.8 Å². The molecule has 16 nitrogen and oxygen atoms in total. The molecule has 11 rings (SSSR count). The Bertz CT molecular complexity index is 2930. The second-order valence-electron chi connectivity index (χ2n) is 30.4. The van der Waals surface area contributed by atoms with E-state index in [1.54, 1.807) is 34.5 Å². The lowest BCUT2D eigenvalue weighted by atomic mass is 9.74. The van der Waals surface area contributed by atoms with Gasteiger partial charge < -0.3 is 79.6 Å². The molecule has 4 aromatic rings. The van der Waals surface area contributed by atoms with E-state index in [1.807, 2.05) is 54.6 Å². The fourth-order valence-electron chi connectivity index (χ4n) is 16.4. The molecule has 3 aliphatic carbocycles. The number of piperidine rings is 4. The molecule has 0 amide bonds. The van der Waals surface area contributed by atoms with Crippen LogP contribution in [-0.2, 0) is 41.4 Å². The zero-order valence-electron chi connectivity index (χ0n) is 63.1. The summed E-state index contributed by atoms with van der Waals surface area (Å²) in [5, 5.41) is 60.7. The van der Waals surface area contributed by atoms with Gasteiger partial charge in [-0.15, -0.1) is 13.2 Å².